The van der Waals surface area contributed by atoms with Crippen molar-refractivity contribution in [3.63, 3.8) is 0 Å². The molecule has 0 atom stereocenters. The van der Waals surface area contributed by atoms with Crippen LogP contribution in [0.25, 0.3) is 0 Å². The largest absolute Gasteiger partial charge is 0.495 e. The van der Waals surface area contributed by atoms with Crippen LogP contribution in [0.2, 0.25) is 0 Å². The minimum atomic E-state index is 0.274. The van der Waals surface area contributed by atoms with Crippen molar-refractivity contribution in [3.8, 4) is 0 Å². The minimum Gasteiger partial charge on any atom is -0.495 e. The molecule has 1 nitrogen and oxygen atoms in total. The number of hydrogen-bond acceptors (Lipinski definition) is 1. The maximum atomic E-state index is 5.58. The third-order valence-electron chi connectivity index (χ3n) is 1.62. The zero-order valence-electron chi connectivity index (χ0n) is 8.00. The van der Waals surface area contributed by atoms with Crippen molar-refractivity contribution in [2.45, 2.75) is 33.3 Å². The van der Waals surface area contributed by atoms with E-state index in [0.717, 1.165) is 12.2 Å². The molecule has 0 saturated carbocycles. The van der Waals surface area contributed by atoms with Crippen LogP contribution in [0.5, 0.6) is 0 Å². The van der Waals surface area contributed by atoms with Crippen molar-refractivity contribution in [2.75, 3.05) is 0 Å². The fourth-order valence-electron chi connectivity index (χ4n) is 1.10. The Morgan fingerprint density at radius 1 is 1.33 bits per heavy atom. The Labute approximate surface area is 74.4 Å². The van der Waals surface area contributed by atoms with Crippen molar-refractivity contribution in [2.24, 2.45) is 0 Å². The Morgan fingerprint density at radius 2 is 2.08 bits per heavy atom. The smallest absolute Gasteiger partial charge is 0.100 e. The molecule has 0 aromatic heterocycles. The van der Waals surface area contributed by atoms with E-state index < -0.39 is 0 Å². The summed E-state index contributed by atoms with van der Waals surface area (Å²) in [6.45, 7) is 6.18. The average Bonchev–Trinajstić information content (AvgIpc) is 2.15. The van der Waals surface area contributed by atoms with Crippen molar-refractivity contribution >= 4 is 0 Å². The lowest BCUT2D eigenvalue weighted by molar-refractivity contribution is 0.144. The summed E-state index contributed by atoms with van der Waals surface area (Å²) >= 11 is 0. The molecule has 0 aliphatic heterocycles. The van der Waals surface area contributed by atoms with E-state index in [1.165, 1.54) is 5.57 Å². The molecule has 0 N–H and O–H groups in total. The van der Waals surface area contributed by atoms with Crippen LogP contribution >= 0.6 is 0 Å². The highest BCUT2D eigenvalue weighted by molar-refractivity contribution is 5.27. The van der Waals surface area contributed by atoms with Crippen molar-refractivity contribution in [3.05, 3.63) is 35.6 Å². The van der Waals surface area contributed by atoms with E-state index in [4.69, 9.17) is 4.74 Å². The second kappa shape index (κ2) is 4.15. The molecular weight excluding hydrogens is 148 g/mol. The Bertz CT molecular complexity index is 231. The van der Waals surface area contributed by atoms with E-state index in [2.05, 4.69) is 31.2 Å². The lowest BCUT2D eigenvalue weighted by Crippen LogP contribution is -2.01. The Hall–Kier alpha value is -0.980. The highest BCUT2D eigenvalue weighted by atomic mass is 16.5. The Balaban J connectivity index is 2.61. The predicted molar refractivity (Wildman–Crippen MR) is 51.8 cm³/mol. The zero-order chi connectivity index (χ0) is 8.97. The summed E-state index contributed by atoms with van der Waals surface area (Å²) in [4.78, 5) is 0. The van der Waals surface area contributed by atoms with E-state index >= 15 is 0 Å². The lowest BCUT2D eigenvalue weighted by Gasteiger charge is -2.10. The van der Waals surface area contributed by atoms with Gasteiger partial charge in [-0.15, -0.1) is 0 Å². The molecule has 0 aromatic rings. The van der Waals surface area contributed by atoms with Gasteiger partial charge in [0.1, 0.15) is 5.76 Å². The van der Waals surface area contributed by atoms with Gasteiger partial charge < -0.3 is 4.74 Å². The summed E-state index contributed by atoms with van der Waals surface area (Å²) in [6.07, 6.45) is 9.57. The highest BCUT2D eigenvalue weighted by Gasteiger charge is 2.00. The Morgan fingerprint density at radius 3 is 2.75 bits per heavy atom. The summed E-state index contributed by atoms with van der Waals surface area (Å²) < 4.78 is 5.58. The molecule has 0 spiro atoms. The van der Waals surface area contributed by atoms with E-state index in [-0.39, 0.29) is 6.10 Å². The summed E-state index contributed by atoms with van der Waals surface area (Å²) in [6, 6.07) is 0. The molecule has 1 heteroatoms. The molecule has 0 unspecified atom stereocenters. The molecule has 0 saturated heterocycles. The van der Waals surface area contributed by atoms with Crippen LogP contribution in [-0.2, 0) is 4.74 Å². The zero-order valence-corrected chi connectivity index (χ0v) is 8.00. The lowest BCUT2D eigenvalue weighted by atomic mass is 10.3. The van der Waals surface area contributed by atoms with E-state index in [9.17, 15) is 0 Å². The van der Waals surface area contributed by atoms with Crippen LogP contribution in [-0.4, -0.2) is 6.10 Å². The third-order valence-corrected chi connectivity index (χ3v) is 1.62. The van der Waals surface area contributed by atoms with Crippen LogP contribution < -0.4 is 0 Å². The fourth-order valence-corrected chi connectivity index (χ4v) is 1.10. The maximum Gasteiger partial charge on any atom is 0.100 e. The fraction of sp³-hybridized carbons (Fsp3) is 0.455. The number of allylic oxidation sites excluding steroid dienone is 5. The first-order chi connectivity index (χ1) is 5.68. The van der Waals surface area contributed by atoms with Gasteiger partial charge in [-0.05, 0) is 26.8 Å². The van der Waals surface area contributed by atoms with Gasteiger partial charge in [0, 0.05) is 6.42 Å². The van der Waals surface area contributed by atoms with Gasteiger partial charge in [0.25, 0.3) is 0 Å². The number of rotatable bonds is 2. The van der Waals surface area contributed by atoms with Gasteiger partial charge in [0.2, 0.25) is 0 Å². The standard InChI is InChI=1S/C11H16O/c1-9(2)12-11-6-4-5-10(3)7-8-11/h4-5,7-9H,6H2,1-3H3. The maximum absolute atomic E-state index is 5.58. The molecule has 0 bridgehead atoms. The molecule has 1 aliphatic carbocycles. The topological polar surface area (TPSA) is 9.23 Å². The SMILES string of the molecule is CC1=CC=C(OC(C)C)CC=C1. The van der Waals surface area contributed by atoms with Gasteiger partial charge in [0.05, 0.1) is 6.10 Å². The van der Waals surface area contributed by atoms with Gasteiger partial charge in [-0.2, -0.15) is 0 Å². The molecule has 0 aromatic carbocycles. The second-order valence-corrected chi connectivity index (χ2v) is 3.32. The van der Waals surface area contributed by atoms with Gasteiger partial charge in [-0.1, -0.05) is 23.8 Å². The molecule has 0 heterocycles. The van der Waals surface area contributed by atoms with Crippen LogP contribution in [0.1, 0.15) is 27.2 Å². The first-order valence-electron chi connectivity index (χ1n) is 4.39. The first-order valence-corrected chi connectivity index (χ1v) is 4.39. The van der Waals surface area contributed by atoms with E-state index in [1.54, 1.807) is 0 Å². The predicted octanol–water partition coefficient (Wildman–Crippen LogP) is 3.20. The van der Waals surface area contributed by atoms with Crippen molar-refractivity contribution in [1.82, 2.24) is 0 Å². The molecule has 0 radical (unpaired) electrons. The van der Waals surface area contributed by atoms with Gasteiger partial charge >= 0.3 is 0 Å². The second-order valence-electron chi connectivity index (χ2n) is 3.32. The van der Waals surface area contributed by atoms with Crippen LogP contribution in [0, 0.1) is 0 Å². The number of hydrogen-bond donors (Lipinski definition) is 0. The first kappa shape index (κ1) is 9.11. The van der Waals surface area contributed by atoms with Crippen LogP contribution in [0.3, 0.4) is 0 Å². The minimum absolute atomic E-state index is 0.274. The molecular formula is C11H16O. The van der Waals surface area contributed by atoms with Crippen LogP contribution in [0.15, 0.2) is 35.6 Å². The third kappa shape index (κ3) is 2.95. The van der Waals surface area contributed by atoms with Gasteiger partial charge in [-0.25, -0.2) is 0 Å². The summed E-state index contributed by atoms with van der Waals surface area (Å²) in [5.41, 5.74) is 1.28. The van der Waals surface area contributed by atoms with E-state index in [0.29, 0.717) is 0 Å². The van der Waals surface area contributed by atoms with E-state index in [1.807, 2.05) is 13.8 Å². The molecule has 1 rings (SSSR count). The summed E-state index contributed by atoms with van der Waals surface area (Å²) in [5.74, 6) is 1.05. The molecule has 12 heavy (non-hydrogen) atoms. The molecule has 0 fully saturated rings. The average molecular weight is 164 g/mol. The number of ether oxygens (including phenoxy) is 1. The normalized spacial score (nSPS) is 17.0. The van der Waals surface area contributed by atoms with Crippen molar-refractivity contribution < 1.29 is 4.74 Å². The van der Waals surface area contributed by atoms with Gasteiger partial charge in [0.15, 0.2) is 0 Å². The highest BCUT2D eigenvalue weighted by Crippen LogP contribution is 2.13. The van der Waals surface area contributed by atoms with Gasteiger partial charge in [-0.3, -0.25) is 0 Å². The van der Waals surface area contributed by atoms with Crippen LogP contribution in [0.4, 0.5) is 0 Å². The van der Waals surface area contributed by atoms with Crippen molar-refractivity contribution in [1.29, 1.82) is 0 Å². The quantitative estimate of drug-likeness (QED) is 0.609. The molecule has 0 amide bonds. The molecule has 1 aliphatic rings. The molecule has 66 valence electrons. The monoisotopic (exact) mass is 164 g/mol. The Kier molecular flexibility index (Phi) is 3.15. The summed E-state index contributed by atoms with van der Waals surface area (Å²) in [5, 5.41) is 0. The summed E-state index contributed by atoms with van der Waals surface area (Å²) in [7, 11) is 0.